The van der Waals surface area contributed by atoms with Crippen LogP contribution >= 0.6 is 0 Å². The van der Waals surface area contributed by atoms with Crippen molar-refractivity contribution in [3.05, 3.63) is 23.8 Å². The van der Waals surface area contributed by atoms with Gasteiger partial charge in [-0.05, 0) is 32.0 Å². The van der Waals surface area contributed by atoms with Crippen LogP contribution in [-0.4, -0.2) is 49.5 Å². The van der Waals surface area contributed by atoms with Crippen LogP contribution in [0.5, 0.6) is 11.5 Å². The Morgan fingerprint density at radius 3 is 2.78 bits per heavy atom. The molecule has 3 rings (SSSR count). The highest BCUT2D eigenvalue weighted by molar-refractivity contribution is 5.98. The Morgan fingerprint density at radius 1 is 1.30 bits per heavy atom. The third kappa shape index (κ3) is 3.21. The molecule has 0 spiro atoms. The van der Waals surface area contributed by atoms with Gasteiger partial charge < -0.3 is 14.8 Å². The molecule has 2 aliphatic heterocycles. The van der Waals surface area contributed by atoms with Crippen LogP contribution in [0.2, 0.25) is 0 Å². The van der Waals surface area contributed by atoms with Crippen molar-refractivity contribution in [2.75, 3.05) is 20.4 Å². The number of likely N-dealkylation sites (N-methyl/N-ethyl adjacent to an activating group) is 1. The van der Waals surface area contributed by atoms with Crippen LogP contribution in [0, 0.1) is 0 Å². The molecular formula is C15H17F3N2O3. The molecule has 5 nitrogen and oxygen atoms in total. The standard InChI is InChI=1S/C15H17F3N2O3/c1-20-7-9(5-6-12(20)15(16,17)18)19-14(21)10-3-2-4-11-13(10)23-8-22-11/h2-4,9,12H,5-8H2,1H3,(H,19,21)/t9-,12+/m0/s1. The van der Waals surface area contributed by atoms with E-state index in [1.807, 2.05) is 0 Å². The number of hydrogen-bond donors (Lipinski definition) is 1. The summed E-state index contributed by atoms with van der Waals surface area (Å²) in [6.45, 7) is 0.210. The van der Waals surface area contributed by atoms with E-state index >= 15 is 0 Å². The lowest BCUT2D eigenvalue weighted by molar-refractivity contribution is -0.188. The lowest BCUT2D eigenvalue weighted by atomic mass is 9.98. The second-order valence-electron chi connectivity index (χ2n) is 5.78. The summed E-state index contributed by atoms with van der Waals surface area (Å²) < 4.78 is 49.0. The van der Waals surface area contributed by atoms with Crippen LogP contribution in [-0.2, 0) is 0 Å². The number of likely N-dealkylation sites (tertiary alicyclic amines) is 1. The number of piperidine rings is 1. The molecule has 1 N–H and O–H groups in total. The molecule has 1 fully saturated rings. The maximum Gasteiger partial charge on any atom is 0.404 e. The number of rotatable bonds is 2. The summed E-state index contributed by atoms with van der Waals surface area (Å²) in [6.07, 6.45) is -3.99. The van der Waals surface area contributed by atoms with E-state index in [9.17, 15) is 18.0 Å². The molecule has 1 aromatic rings. The molecule has 0 bridgehead atoms. The number of alkyl halides is 3. The summed E-state index contributed by atoms with van der Waals surface area (Å²) in [4.78, 5) is 13.6. The number of benzene rings is 1. The van der Waals surface area contributed by atoms with Gasteiger partial charge in [-0.15, -0.1) is 0 Å². The van der Waals surface area contributed by atoms with Crippen LogP contribution in [0.4, 0.5) is 13.2 Å². The first-order valence-electron chi connectivity index (χ1n) is 7.32. The highest BCUT2D eigenvalue weighted by atomic mass is 19.4. The van der Waals surface area contributed by atoms with E-state index in [0.717, 1.165) is 0 Å². The van der Waals surface area contributed by atoms with Crippen molar-refractivity contribution in [1.29, 1.82) is 0 Å². The van der Waals surface area contributed by atoms with Gasteiger partial charge in [-0.1, -0.05) is 6.07 Å². The lowest BCUT2D eigenvalue weighted by Gasteiger charge is -2.38. The average molecular weight is 330 g/mol. The molecule has 0 unspecified atom stereocenters. The summed E-state index contributed by atoms with van der Waals surface area (Å²) in [5.41, 5.74) is 0.334. The summed E-state index contributed by atoms with van der Waals surface area (Å²) in [5, 5.41) is 2.78. The van der Waals surface area contributed by atoms with E-state index in [1.54, 1.807) is 18.2 Å². The molecule has 2 heterocycles. The van der Waals surface area contributed by atoms with Crippen molar-refractivity contribution >= 4 is 5.91 Å². The van der Waals surface area contributed by atoms with Crippen molar-refractivity contribution in [2.24, 2.45) is 0 Å². The zero-order chi connectivity index (χ0) is 16.6. The van der Waals surface area contributed by atoms with Crippen LogP contribution in [0.15, 0.2) is 18.2 Å². The lowest BCUT2D eigenvalue weighted by Crippen LogP contribution is -2.54. The van der Waals surface area contributed by atoms with Crippen molar-refractivity contribution in [1.82, 2.24) is 10.2 Å². The van der Waals surface area contributed by atoms with E-state index in [0.29, 0.717) is 17.1 Å². The van der Waals surface area contributed by atoms with Gasteiger partial charge in [-0.2, -0.15) is 13.2 Å². The number of halogens is 3. The molecule has 8 heteroatoms. The van der Waals surface area contributed by atoms with Crippen molar-refractivity contribution in [2.45, 2.75) is 31.1 Å². The quantitative estimate of drug-likeness (QED) is 0.903. The molecule has 0 radical (unpaired) electrons. The van der Waals surface area contributed by atoms with Gasteiger partial charge in [-0.3, -0.25) is 9.69 Å². The molecule has 0 aromatic heterocycles. The van der Waals surface area contributed by atoms with Gasteiger partial charge in [0.2, 0.25) is 6.79 Å². The molecule has 0 saturated carbocycles. The molecule has 23 heavy (non-hydrogen) atoms. The minimum Gasteiger partial charge on any atom is -0.454 e. The second kappa shape index (κ2) is 5.92. The smallest absolute Gasteiger partial charge is 0.404 e. The van der Waals surface area contributed by atoms with Gasteiger partial charge in [0.25, 0.3) is 5.91 Å². The number of nitrogens with zero attached hydrogens (tertiary/aromatic N) is 1. The SMILES string of the molecule is CN1C[C@@H](NC(=O)c2cccc3c2OCO3)CC[C@@H]1C(F)(F)F. The summed E-state index contributed by atoms with van der Waals surface area (Å²) >= 11 is 0. The first kappa shape index (κ1) is 15.9. The van der Waals surface area contributed by atoms with Gasteiger partial charge in [0.1, 0.15) is 6.04 Å². The fraction of sp³-hybridized carbons (Fsp3) is 0.533. The first-order valence-corrected chi connectivity index (χ1v) is 7.32. The van der Waals surface area contributed by atoms with E-state index in [-0.39, 0.29) is 38.1 Å². The molecule has 1 saturated heterocycles. The largest absolute Gasteiger partial charge is 0.454 e. The highest BCUT2D eigenvalue weighted by Crippen LogP contribution is 2.35. The van der Waals surface area contributed by atoms with Gasteiger partial charge in [0.05, 0.1) is 5.56 Å². The van der Waals surface area contributed by atoms with Crippen LogP contribution in [0.25, 0.3) is 0 Å². The third-order valence-electron chi connectivity index (χ3n) is 4.18. The topological polar surface area (TPSA) is 50.8 Å². The molecule has 126 valence electrons. The zero-order valence-corrected chi connectivity index (χ0v) is 12.5. The van der Waals surface area contributed by atoms with Gasteiger partial charge >= 0.3 is 6.18 Å². The first-order chi connectivity index (χ1) is 10.9. The number of ether oxygens (including phenoxy) is 2. The van der Waals surface area contributed by atoms with Gasteiger partial charge in [0, 0.05) is 12.6 Å². The number of fused-ring (bicyclic) bond motifs is 1. The predicted molar refractivity (Wildman–Crippen MR) is 75.5 cm³/mol. The minimum atomic E-state index is -4.24. The number of carbonyl (C=O) groups excluding carboxylic acids is 1. The zero-order valence-electron chi connectivity index (χ0n) is 12.5. The van der Waals surface area contributed by atoms with Crippen LogP contribution < -0.4 is 14.8 Å². The molecular weight excluding hydrogens is 313 g/mol. The van der Waals surface area contributed by atoms with E-state index in [1.165, 1.54) is 11.9 Å². The van der Waals surface area contributed by atoms with E-state index < -0.39 is 12.2 Å². The molecule has 0 aliphatic carbocycles. The van der Waals surface area contributed by atoms with E-state index in [2.05, 4.69) is 5.32 Å². The normalized spacial score (nSPS) is 24.5. The Balaban J connectivity index is 1.65. The maximum absolute atomic E-state index is 12.8. The summed E-state index contributed by atoms with van der Waals surface area (Å²) in [7, 11) is 1.42. The van der Waals surface area contributed by atoms with Crippen molar-refractivity contribution in [3.8, 4) is 11.5 Å². The predicted octanol–water partition coefficient (Wildman–Crippen LogP) is 2.17. The van der Waals surface area contributed by atoms with E-state index in [4.69, 9.17) is 9.47 Å². The van der Waals surface area contributed by atoms with Gasteiger partial charge in [-0.25, -0.2) is 0 Å². The number of carbonyl (C=O) groups is 1. The number of amides is 1. The Morgan fingerprint density at radius 2 is 2.09 bits per heavy atom. The molecule has 2 aliphatic rings. The van der Waals surface area contributed by atoms with Crippen molar-refractivity contribution < 1.29 is 27.4 Å². The average Bonchev–Trinajstić information content (AvgIpc) is 2.94. The maximum atomic E-state index is 12.8. The fourth-order valence-electron chi connectivity index (χ4n) is 3.05. The number of para-hydroxylation sites is 1. The Hall–Kier alpha value is -1.96. The van der Waals surface area contributed by atoms with Gasteiger partial charge in [0.15, 0.2) is 11.5 Å². The number of nitrogens with one attached hydrogen (secondary N) is 1. The van der Waals surface area contributed by atoms with Crippen molar-refractivity contribution in [3.63, 3.8) is 0 Å². The Bertz CT molecular complexity index is 606. The second-order valence-corrected chi connectivity index (χ2v) is 5.78. The third-order valence-corrected chi connectivity index (χ3v) is 4.18. The molecule has 1 aromatic carbocycles. The molecule has 1 amide bonds. The molecule has 2 atom stereocenters. The minimum absolute atomic E-state index is 0.0303. The van der Waals surface area contributed by atoms with Crippen LogP contribution in [0.3, 0.4) is 0 Å². The fourth-order valence-corrected chi connectivity index (χ4v) is 3.05. The summed E-state index contributed by atoms with van der Waals surface area (Å²) in [6, 6.07) is 3.20. The Kier molecular flexibility index (Phi) is 4.09. The Labute approximate surface area is 131 Å². The number of hydrogen-bond acceptors (Lipinski definition) is 4. The monoisotopic (exact) mass is 330 g/mol. The summed E-state index contributed by atoms with van der Waals surface area (Å²) in [5.74, 6) is 0.508. The van der Waals surface area contributed by atoms with Crippen LogP contribution in [0.1, 0.15) is 23.2 Å². The highest BCUT2D eigenvalue weighted by Gasteiger charge is 2.45.